The van der Waals surface area contributed by atoms with Gasteiger partial charge in [0.15, 0.2) is 0 Å². The maximum atomic E-state index is 15.2. The Hall–Kier alpha value is -5.96. The molecule has 296 valence electrons. The predicted molar refractivity (Wildman–Crippen MR) is 232 cm³/mol. The van der Waals surface area contributed by atoms with E-state index >= 15 is 4.79 Å². The number of nitrogens with one attached hydrogen (secondary N) is 2. The summed E-state index contributed by atoms with van der Waals surface area (Å²) < 4.78 is 9.88. The van der Waals surface area contributed by atoms with E-state index in [0.717, 1.165) is 33.4 Å². The van der Waals surface area contributed by atoms with Crippen molar-refractivity contribution in [2.75, 3.05) is 19.0 Å². The van der Waals surface area contributed by atoms with Crippen molar-refractivity contribution in [3.05, 3.63) is 215 Å². The minimum Gasteiger partial charge on any atom is -0.466 e. The standard InChI is InChI=1S/C50H50N2O5S/c1-3-56-46(53)36-35-44(48(55)57-4-2)51-47(54)45(52-49(38-23-11-5-12-24-38,39-25-13-6-14-26-39)40-27-15-7-16-28-40)37-58-50(41-29-17-8-18-30-41,42-31-19-9-20-32-42)43-33-21-10-22-34-43/h5-34,44-45,52H,3-4,35-37H2,1-2H3,(H,51,54)/t44-,45+/m0/s1. The first kappa shape index (κ1) is 41.7. The summed E-state index contributed by atoms with van der Waals surface area (Å²) in [5, 5.41) is 6.96. The first-order valence-electron chi connectivity index (χ1n) is 19.8. The summed E-state index contributed by atoms with van der Waals surface area (Å²) in [7, 11) is 0. The van der Waals surface area contributed by atoms with Gasteiger partial charge in [-0.05, 0) is 53.6 Å². The molecule has 0 spiro atoms. The van der Waals surface area contributed by atoms with Crippen molar-refractivity contribution in [2.24, 2.45) is 0 Å². The van der Waals surface area contributed by atoms with Crippen molar-refractivity contribution < 1.29 is 23.9 Å². The van der Waals surface area contributed by atoms with Crippen molar-refractivity contribution in [3.8, 4) is 0 Å². The van der Waals surface area contributed by atoms with Crippen molar-refractivity contribution in [1.29, 1.82) is 0 Å². The van der Waals surface area contributed by atoms with Crippen LogP contribution in [0.3, 0.4) is 0 Å². The highest BCUT2D eigenvalue weighted by Gasteiger charge is 2.43. The summed E-state index contributed by atoms with van der Waals surface area (Å²) in [6.45, 7) is 3.78. The quantitative estimate of drug-likeness (QED) is 0.0625. The van der Waals surface area contributed by atoms with Gasteiger partial charge in [-0.15, -0.1) is 11.8 Å². The number of ether oxygens (including phenoxy) is 2. The topological polar surface area (TPSA) is 93.7 Å². The van der Waals surface area contributed by atoms with Gasteiger partial charge in [0.05, 0.1) is 29.5 Å². The van der Waals surface area contributed by atoms with Crippen LogP contribution in [0.5, 0.6) is 0 Å². The van der Waals surface area contributed by atoms with E-state index in [1.807, 2.05) is 109 Å². The van der Waals surface area contributed by atoms with E-state index in [-0.39, 0.29) is 31.8 Å². The third-order valence-corrected chi connectivity index (χ3v) is 11.8. The zero-order chi connectivity index (χ0) is 40.6. The molecular formula is C50H50N2O5S. The molecule has 7 nitrogen and oxygen atoms in total. The Morgan fingerprint density at radius 3 is 1.24 bits per heavy atom. The molecule has 0 saturated carbocycles. The van der Waals surface area contributed by atoms with Crippen LogP contribution in [0, 0.1) is 0 Å². The molecule has 8 heteroatoms. The molecule has 0 aliphatic carbocycles. The summed E-state index contributed by atoms with van der Waals surface area (Å²) in [6, 6.07) is 59.4. The Kier molecular flexibility index (Phi) is 14.7. The van der Waals surface area contributed by atoms with Crippen LogP contribution in [0.4, 0.5) is 0 Å². The minimum atomic E-state index is -1.09. The third-order valence-electron chi connectivity index (χ3n) is 10.2. The molecule has 1 amide bonds. The fraction of sp³-hybridized carbons (Fsp3) is 0.220. The number of hydrogen-bond donors (Lipinski definition) is 2. The van der Waals surface area contributed by atoms with E-state index in [4.69, 9.17) is 9.47 Å². The van der Waals surface area contributed by atoms with E-state index in [0.29, 0.717) is 0 Å². The first-order chi connectivity index (χ1) is 28.4. The molecule has 2 atom stereocenters. The Balaban J connectivity index is 1.53. The maximum Gasteiger partial charge on any atom is 0.328 e. The van der Waals surface area contributed by atoms with Gasteiger partial charge in [0, 0.05) is 12.2 Å². The van der Waals surface area contributed by atoms with E-state index < -0.39 is 40.2 Å². The molecule has 0 fully saturated rings. The summed E-state index contributed by atoms with van der Waals surface area (Å²) in [6.07, 6.45) is -0.0436. The molecule has 58 heavy (non-hydrogen) atoms. The Morgan fingerprint density at radius 2 is 0.879 bits per heavy atom. The average molecular weight is 791 g/mol. The van der Waals surface area contributed by atoms with Crippen LogP contribution in [-0.4, -0.2) is 48.9 Å². The molecule has 0 heterocycles. The molecule has 0 unspecified atom stereocenters. The second kappa shape index (κ2) is 20.5. The van der Waals surface area contributed by atoms with E-state index in [1.165, 1.54) is 0 Å². The van der Waals surface area contributed by atoms with E-state index in [1.54, 1.807) is 25.6 Å². The van der Waals surface area contributed by atoms with Crippen molar-refractivity contribution in [1.82, 2.24) is 10.6 Å². The Bertz CT molecular complexity index is 1980. The fourth-order valence-corrected chi connectivity index (χ4v) is 9.05. The van der Waals surface area contributed by atoms with Crippen LogP contribution >= 0.6 is 11.8 Å². The number of carbonyl (C=O) groups is 3. The highest BCUT2D eigenvalue weighted by atomic mass is 32.2. The summed E-state index contributed by atoms with van der Waals surface area (Å²) in [5.74, 6) is -1.22. The molecular weight excluding hydrogens is 741 g/mol. The summed E-state index contributed by atoms with van der Waals surface area (Å²) in [5.41, 5.74) is 4.92. The van der Waals surface area contributed by atoms with Crippen LogP contribution < -0.4 is 10.6 Å². The van der Waals surface area contributed by atoms with Gasteiger partial charge in [0.25, 0.3) is 0 Å². The number of amides is 1. The van der Waals surface area contributed by atoms with Gasteiger partial charge < -0.3 is 14.8 Å². The van der Waals surface area contributed by atoms with Gasteiger partial charge in [-0.2, -0.15) is 0 Å². The monoisotopic (exact) mass is 790 g/mol. The van der Waals surface area contributed by atoms with Crippen LogP contribution in [-0.2, 0) is 34.1 Å². The molecule has 0 bridgehead atoms. The number of esters is 2. The van der Waals surface area contributed by atoms with Crippen LogP contribution in [0.2, 0.25) is 0 Å². The molecule has 0 aliphatic heterocycles. The van der Waals surface area contributed by atoms with Gasteiger partial charge in [-0.1, -0.05) is 182 Å². The largest absolute Gasteiger partial charge is 0.466 e. The zero-order valence-electron chi connectivity index (χ0n) is 33.0. The number of rotatable bonds is 19. The lowest BCUT2D eigenvalue weighted by Crippen LogP contribution is -2.58. The molecule has 6 rings (SSSR count). The molecule has 0 aliphatic rings. The highest BCUT2D eigenvalue weighted by Crippen LogP contribution is 2.49. The van der Waals surface area contributed by atoms with Gasteiger partial charge in [0.2, 0.25) is 5.91 Å². The Labute approximate surface area is 346 Å². The third kappa shape index (κ3) is 9.59. The van der Waals surface area contributed by atoms with Crippen LogP contribution in [0.1, 0.15) is 60.1 Å². The fourth-order valence-electron chi connectivity index (χ4n) is 7.50. The number of thioether (sulfide) groups is 1. The minimum absolute atomic E-state index is 0.0203. The smallest absolute Gasteiger partial charge is 0.328 e. The maximum absolute atomic E-state index is 15.2. The number of hydrogen-bond acceptors (Lipinski definition) is 7. The first-order valence-corrected chi connectivity index (χ1v) is 20.8. The molecule has 6 aromatic carbocycles. The average Bonchev–Trinajstić information content (AvgIpc) is 3.28. The van der Waals surface area contributed by atoms with Gasteiger partial charge in [0.1, 0.15) is 6.04 Å². The van der Waals surface area contributed by atoms with Crippen molar-refractivity contribution in [3.63, 3.8) is 0 Å². The predicted octanol–water partition coefficient (Wildman–Crippen LogP) is 9.05. The van der Waals surface area contributed by atoms with Crippen molar-refractivity contribution in [2.45, 2.75) is 49.1 Å². The molecule has 0 saturated heterocycles. The lowest BCUT2D eigenvalue weighted by Gasteiger charge is -2.41. The second-order valence-electron chi connectivity index (χ2n) is 13.8. The molecule has 0 aromatic heterocycles. The van der Waals surface area contributed by atoms with E-state index in [2.05, 4.69) is 83.4 Å². The van der Waals surface area contributed by atoms with Gasteiger partial charge in [-0.25, -0.2) is 4.79 Å². The normalized spacial score (nSPS) is 12.5. The lowest BCUT2D eigenvalue weighted by molar-refractivity contribution is -0.149. The van der Waals surface area contributed by atoms with Crippen molar-refractivity contribution >= 4 is 29.6 Å². The zero-order valence-corrected chi connectivity index (χ0v) is 33.8. The molecule has 6 aromatic rings. The highest BCUT2D eigenvalue weighted by molar-refractivity contribution is 8.00. The summed E-state index contributed by atoms with van der Waals surface area (Å²) >= 11 is 1.65. The lowest BCUT2D eigenvalue weighted by atomic mass is 9.76. The molecule has 0 radical (unpaired) electrons. The second-order valence-corrected chi connectivity index (χ2v) is 15.0. The number of carbonyl (C=O) groups excluding carboxylic acids is 3. The van der Waals surface area contributed by atoms with Gasteiger partial charge in [-0.3, -0.25) is 14.9 Å². The molecule has 2 N–H and O–H groups in total. The SMILES string of the molecule is CCOC(=O)CC[C@H](NC(=O)[C@@H](CSC(c1ccccc1)(c1ccccc1)c1ccccc1)NC(c1ccccc1)(c1ccccc1)c1ccccc1)C(=O)OCC. The number of benzene rings is 6. The van der Waals surface area contributed by atoms with Crippen LogP contribution in [0.25, 0.3) is 0 Å². The van der Waals surface area contributed by atoms with Crippen LogP contribution in [0.15, 0.2) is 182 Å². The Morgan fingerprint density at radius 1 is 0.517 bits per heavy atom. The summed E-state index contributed by atoms with van der Waals surface area (Å²) in [4.78, 5) is 41.2. The van der Waals surface area contributed by atoms with Gasteiger partial charge >= 0.3 is 11.9 Å². The van der Waals surface area contributed by atoms with E-state index in [9.17, 15) is 9.59 Å².